The molecule has 0 spiro atoms. The molecule has 0 fully saturated rings. The predicted molar refractivity (Wildman–Crippen MR) is 49.2 cm³/mol. The van der Waals surface area contributed by atoms with E-state index in [0.717, 1.165) is 12.1 Å². The summed E-state index contributed by atoms with van der Waals surface area (Å²) in [7, 11) is -5.27. The van der Waals surface area contributed by atoms with Crippen molar-refractivity contribution in [1.29, 1.82) is 0 Å². The molecular formula is C8H6ClF3O2S. The van der Waals surface area contributed by atoms with E-state index in [1.165, 1.54) is 12.1 Å². The number of sulfone groups is 1. The van der Waals surface area contributed by atoms with Crippen molar-refractivity contribution in [2.24, 2.45) is 0 Å². The van der Waals surface area contributed by atoms with E-state index in [1.807, 2.05) is 0 Å². The van der Waals surface area contributed by atoms with Gasteiger partial charge >= 0.3 is 5.51 Å². The topological polar surface area (TPSA) is 34.1 Å². The largest absolute Gasteiger partial charge is 0.501 e. The molecule has 1 rings (SSSR count). The Hall–Kier alpha value is -0.750. The molecule has 1 aromatic rings. The number of rotatable bonds is 2. The standard InChI is InChI=1S/C8H6ClF3O2S/c9-5-6-2-1-3-7(4-6)15(13,14)8(10,11)12/h1-4H,5H2. The Balaban J connectivity index is 3.29. The van der Waals surface area contributed by atoms with Gasteiger partial charge in [-0.15, -0.1) is 11.6 Å². The monoisotopic (exact) mass is 258 g/mol. The second-order valence-electron chi connectivity index (χ2n) is 2.73. The molecule has 15 heavy (non-hydrogen) atoms. The summed E-state index contributed by atoms with van der Waals surface area (Å²) in [6.45, 7) is 0. The lowest BCUT2D eigenvalue weighted by molar-refractivity contribution is -0.0436. The fourth-order valence-electron chi connectivity index (χ4n) is 0.929. The number of hydrogen-bond donors (Lipinski definition) is 0. The molecule has 0 aliphatic rings. The van der Waals surface area contributed by atoms with Crippen molar-refractivity contribution in [3.8, 4) is 0 Å². The van der Waals surface area contributed by atoms with E-state index in [2.05, 4.69) is 0 Å². The molecule has 0 N–H and O–H groups in total. The zero-order valence-corrected chi connectivity index (χ0v) is 8.83. The first-order valence-electron chi connectivity index (χ1n) is 3.75. The van der Waals surface area contributed by atoms with Gasteiger partial charge in [0.25, 0.3) is 9.84 Å². The van der Waals surface area contributed by atoms with Gasteiger partial charge in [0.05, 0.1) is 4.90 Å². The average Bonchev–Trinajstić information content (AvgIpc) is 2.16. The van der Waals surface area contributed by atoms with E-state index in [-0.39, 0.29) is 5.88 Å². The Labute approximate surface area is 89.6 Å². The summed E-state index contributed by atoms with van der Waals surface area (Å²) in [5.74, 6) is -0.0405. The van der Waals surface area contributed by atoms with Gasteiger partial charge < -0.3 is 0 Å². The van der Waals surface area contributed by atoms with Crippen LogP contribution in [0.15, 0.2) is 29.2 Å². The van der Waals surface area contributed by atoms with Gasteiger partial charge in [-0.2, -0.15) is 13.2 Å². The first-order valence-corrected chi connectivity index (χ1v) is 5.77. The average molecular weight is 259 g/mol. The quantitative estimate of drug-likeness (QED) is 0.765. The lowest BCUT2D eigenvalue weighted by atomic mass is 10.2. The highest BCUT2D eigenvalue weighted by Crippen LogP contribution is 2.30. The predicted octanol–water partition coefficient (Wildman–Crippen LogP) is 2.72. The van der Waals surface area contributed by atoms with Crippen LogP contribution in [0.4, 0.5) is 13.2 Å². The van der Waals surface area contributed by atoms with Crippen LogP contribution in [0.2, 0.25) is 0 Å². The van der Waals surface area contributed by atoms with E-state index in [9.17, 15) is 21.6 Å². The molecule has 0 heterocycles. The fraction of sp³-hybridized carbons (Fsp3) is 0.250. The summed E-state index contributed by atoms with van der Waals surface area (Å²) in [5.41, 5.74) is -4.96. The molecule has 0 atom stereocenters. The van der Waals surface area contributed by atoms with E-state index in [1.54, 1.807) is 0 Å². The Morgan fingerprint density at radius 1 is 1.27 bits per heavy atom. The molecule has 0 unspecified atom stereocenters. The molecule has 84 valence electrons. The van der Waals surface area contributed by atoms with Crippen LogP contribution in [0.1, 0.15) is 5.56 Å². The number of alkyl halides is 4. The van der Waals surface area contributed by atoms with Crippen molar-refractivity contribution in [2.45, 2.75) is 16.3 Å². The maximum Gasteiger partial charge on any atom is 0.501 e. The highest BCUT2D eigenvalue weighted by atomic mass is 35.5. The van der Waals surface area contributed by atoms with Crippen molar-refractivity contribution in [1.82, 2.24) is 0 Å². The molecule has 0 radical (unpaired) electrons. The second kappa shape index (κ2) is 4.02. The molecular weight excluding hydrogens is 253 g/mol. The molecule has 1 aromatic carbocycles. The summed E-state index contributed by atoms with van der Waals surface area (Å²) in [5, 5.41) is 0. The summed E-state index contributed by atoms with van der Waals surface area (Å²) < 4.78 is 58.3. The Bertz CT molecular complexity index is 453. The number of benzene rings is 1. The Morgan fingerprint density at radius 3 is 2.33 bits per heavy atom. The van der Waals surface area contributed by atoms with Gasteiger partial charge in [-0.25, -0.2) is 8.42 Å². The SMILES string of the molecule is O=S(=O)(c1cccc(CCl)c1)C(F)(F)F. The molecule has 0 saturated heterocycles. The summed E-state index contributed by atoms with van der Waals surface area (Å²) in [6.07, 6.45) is 0. The Morgan fingerprint density at radius 2 is 1.87 bits per heavy atom. The maximum atomic E-state index is 12.1. The molecule has 0 saturated carbocycles. The third kappa shape index (κ3) is 2.43. The highest BCUT2D eigenvalue weighted by Gasteiger charge is 2.46. The van der Waals surface area contributed by atoms with Gasteiger partial charge in [0.1, 0.15) is 0 Å². The van der Waals surface area contributed by atoms with Crippen LogP contribution in [0.3, 0.4) is 0 Å². The second-order valence-corrected chi connectivity index (χ2v) is 4.94. The zero-order valence-electron chi connectivity index (χ0n) is 7.25. The van der Waals surface area contributed by atoms with Crippen LogP contribution in [-0.4, -0.2) is 13.9 Å². The summed E-state index contributed by atoms with van der Waals surface area (Å²) in [6, 6.07) is 4.47. The van der Waals surface area contributed by atoms with Crippen LogP contribution in [-0.2, 0) is 15.7 Å². The van der Waals surface area contributed by atoms with E-state index < -0.39 is 20.2 Å². The molecule has 2 nitrogen and oxygen atoms in total. The van der Waals surface area contributed by atoms with Crippen molar-refractivity contribution >= 4 is 21.4 Å². The van der Waals surface area contributed by atoms with Gasteiger partial charge in [-0.3, -0.25) is 0 Å². The third-order valence-electron chi connectivity index (χ3n) is 1.67. The van der Waals surface area contributed by atoms with E-state index in [4.69, 9.17) is 11.6 Å². The van der Waals surface area contributed by atoms with Gasteiger partial charge in [0.15, 0.2) is 0 Å². The molecule has 0 bridgehead atoms. The van der Waals surface area contributed by atoms with E-state index >= 15 is 0 Å². The lowest BCUT2D eigenvalue weighted by Gasteiger charge is -2.08. The van der Waals surface area contributed by atoms with Crippen LogP contribution >= 0.6 is 11.6 Å². The van der Waals surface area contributed by atoms with Crippen LogP contribution < -0.4 is 0 Å². The van der Waals surface area contributed by atoms with Crippen LogP contribution in [0.25, 0.3) is 0 Å². The third-order valence-corrected chi connectivity index (χ3v) is 3.46. The zero-order chi connectivity index (χ0) is 11.7. The van der Waals surface area contributed by atoms with Gasteiger partial charge in [0.2, 0.25) is 0 Å². The molecule has 7 heteroatoms. The summed E-state index contributed by atoms with van der Waals surface area (Å²) >= 11 is 5.39. The normalized spacial score (nSPS) is 12.8. The minimum absolute atomic E-state index is 0.0405. The van der Waals surface area contributed by atoms with Gasteiger partial charge in [-0.1, -0.05) is 12.1 Å². The molecule has 0 aliphatic carbocycles. The fourth-order valence-corrected chi connectivity index (χ4v) is 1.93. The molecule has 0 amide bonds. The first-order chi connectivity index (χ1) is 6.79. The van der Waals surface area contributed by atoms with Crippen LogP contribution in [0.5, 0.6) is 0 Å². The van der Waals surface area contributed by atoms with Crippen molar-refractivity contribution in [3.63, 3.8) is 0 Å². The first kappa shape index (κ1) is 12.3. The van der Waals surface area contributed by atoms with Crippen molar-refractivity contribution in [3.05, 3.63) is 29.8 Å². The minimum Gasteiger partial charge on any atom is -0.214 e. The summed E-state index contributed by atoms with van der Waals surface area (Å²) in [4.78, 5) is -0.784. The number of hydrogen-bond acceptors (Lipinski definition) is 2. The van der Waals surface area contributed by atoms with Crippen LogP contribution in [0, 0.1) is 0 Å². The minimum atomic E-state index is -5.28. The van der Waals surface area contributed by atoms with Gasteiger partial charge in [0, 0.05) is 5.88 Å². The van der Waals surface area contributed by atoms with Crippen molar-refractivity contribution in [2.75, 3.05) is 0 Å². The van der Waals surface area contributed by atoms with Crippen molar-refractivity contribution < 1.29 is 21.6 Å². The van der Waals surface area contributed by atoms with Gasteiger partial charge in [-0.05, 0) is 17.7 Å². The molecule has 0 aliphatic heterocycles. The maximum absolute atomic E-state index is 12.1. The Kier molecular flexibility index (Phi) is 3.30. The molecule has 0 aromatic heterocycles. The lowest BCUT2D eigenvalue weighted by Crippen LogP contribution is -2.23. The smallest absolute Gasteiger partial charge is 0.214 e. The number of halogens is 4. The van der Waals surface area contributed by atoms with E-state index in [0.29, 0.717) is 5.56 Å². The highest BCUT2D eigenvalue weighted by molar-refractivity contribution is 7.92.